The number of carbonyl (C=O) groups excluding carboxylic acids is 2. The molecular weight excluding hydrogens is 423 g/mol. The third-order valence-electron chi connectivity index (χ3n) is 5.10. The van der Waals surface area contributed by atoms with Crippen LogP contribution in [-0.2, 0) is 30.0 Å². The second-order valence-electron chi connectivity index (χ2n) is 7.51. The largest absolute Gasteiger partial charge is 0.480 e. The van der Waals surface area contributed by atoms with Crippen molar-refractivity contribution in [2.24, 2.45) is 0 Å². The van der Waals surface area contributed by atoms with E-state index in [2.05, 4.69) is 5.32 Å². The molecule has 0 aliphatic carbocycles. The molecule has 0 aromatic heterocycles. The molecule has 0 radical (unpaired) electrons. The fourth-order valence-electron chi connectivity index (χ4n) is 3.39. The minimum Gasteiger partial charge on any atom is -0.480 e. The molecule has 0 bridgehead atoms. The van der Waals surface area contributed by atoms with Crippen molar-refractivity contribution in [3.8, 4) is 0 Å². The second kappa shape index (κ2) is 12.5. The maximum atomic E-state index is 12.8. The SMILES string of the molecule is CCCCC(NC(=O)OCc1ccccc1)[PH](=O)OC(C)C(=O)N1CCC[C@H]1C(=O)O. The molecule has 1 aromatic rings. The zero-order valence-electron chi connectivity index (χ0n) is 17.9. The number of rotatable bonds is 11. The number of carboxylic acids is 1. The molecule has 10 heteroatoms. The van der Waals surface area contributed by atoms with Gasteiger partial charge in [-0.3, -0.25) is 9.36 Å². The highest BCUT2D eigenvalue weighted by Crippen LogP contribution is 2.34. The first-order valence-corrected chi connectivity index (χ1v) is 11.9. The quantitative estimate of drug-likeness (QED) is 0.492. The minimum atomic E-state index is -2.84. The lowest BCUT2D eigenvalue weighted by Crippen LogP contribution is -2.45. The van der Waals surface area contributed by atoms with Crippen LogP contribution in [0.3, 0.4) is 0 Å². The molecule has 1 saturated heterocycles. The van der Waals surface area contributed by atoms with E-state index in [1.54, 1.807) is 0 Å². The smallest absolute Gasteiger partial charge is 0.408 e. The Balaban J connectivity index is 1.92. The van der Waals surface area contributed by atoms with Crippen molar-refractivity contribution in [3.63, 3.8) is 0 Å². The molecule has 1 aliphatic rings. The van der Waals surface area contributed by atoms with E-state index >= 15 is 0 Å². The van der Waals surface area contributed by atoms with Crippen LogP contribution in [-0.4, -0.2) is 52.4 Å². The molecule has 1 fully saturated rings. The normalized spacial score (nSPS) is 18.8. The van der Waals surface area contributed by atoms with Crippen molar-refractivity contribution in [1.82, 2.24) is 10.2 Å². The highest BCUT2D eigenvalue weighted by molar-refractivity contribution is 7.40. The average Bonchev–Trinajstić information content (AvgIpc) is 3.25. The number of hydrogen-bond donors (Lipinski definition) is 2. The van der Waals surface area contributed by atoms with Crippen molar-refractivity contribution in [1.29, 1.82) is 0 Å². The van der Waals surface area contributed by atoms with E-state index in [0.717, 1.165) is 12.0 Å². The maximum Gasteiger partial charge on any atom is 0.408 e. The van der Waals surface area contributed by atoms with E-state index in [-0.39, 0.29) is 6.61 Å². The molecule has 4 atom stereocenters. The number of ether oxygens (including phenoxy) is 1. The summed E-state index contributed by atoms with van der Waals surface area (Å²) >= 11 is 0. The summed E-state index contributed by atoms with van der Waals surface area (Å²) < 4.78 is 23.5. The number of carboxylic acid groups (broad SMARTS) is 1. The highest BCUT2D eigenvalue weighted by Gasteiger charge is 2.37. The van der Waals surface area contributed by atoms with E-state index in [9.17, 15) is 24.1 Å². The molecule has 0 spiro atoms. The summed E-state index contributed by atoms with van der Waals surface area (Å²) in [6.45, 7) is 3.82. The van der Waals surface area contributed by atoms with Gasteiger partial charge in [0.15, 0.2) is 0 Å². The van der Waals surface area contributed by atoms with E-state index in [0.29, 0.717) is 32.2 Å². The number of unbranched alkanes of at least 4 members (excludes halogenated alkanes) is 1. The Kier molecular flexibility index (Phi) is 10.0. The predicted molar refractivity (Wildman–Crippen MR) is 115 cm³/mol. The van der Waals surface area contributed by atoms with Gasteiger partial charge in [-0.25, -0.2) is 9.59 Å². The van der Waals surface area contributed by atoms with Crippen molar-refractivity contribution in [2.45, 2.75) is 70.5 Å². The van der Waals surface area contributed by atoms with Gasteiger partial charge in [-0.15, -0.1) is 0 Å². The summed E-state index contributed by atoms with van der Waals surface area (Å²) in [7, 11) is -2.84. The first-order chi connectivity index (χ1) is 14.8. The molecule has 9 nitrogen and oxygen atoms in total. The van der Waals surface area contributed by atoms with Gasteiger partial charge in [0.1, 0.15) is 24.5 Å². The van der Waals surface area contributed by atoms with E-state index in [4.69, 9.17) is 9.26 Å². The van der Waals surface area contributed by atoms with Crippen LogP contribution in [0.1, 0.15) is 51.5 Å². The Morgan fingerprint density at radius 1 is 1.29 bits per heavy atom. The Morgan fingerprint density at radius 2 is 2.00 bits per heavy atom. The number of carbonyl (C=O) groups is 3. The van der Waals surface area contributed by atoms with Crippen LogP contribution >= 0.6 is 8.03 Å². The second-order valence-corrected chi connectivity index (χ2v) is 9.08. The molecule has 1 aromatic carbocycles. The first kappa shape index (κ1) is 24.9. The number of likely N-dealkylation sites (tertiary alicyclic amines) is 1. The maximum absolute atomic E-state index is 12.8. The number of nitrogens with one attached hydrogen (secondary N) is 1. The number of aliphatic carboxylic acids is 1. The van der Waals surface area contributed by atoms with Crippen LogP contribution in [0.25, 0.3) is 0 Å². The topological polar surface area (TPSA) is 122 Å². The summed E-state index contributed by atoms with van der Waals surface area (Å²) in [6, 6.07) is 8.29. The lowest BCUT2D eigenvalue weighted by molar-refractivity contribution is -0.150. The average molecular weight is 454 g/mol. The van der Waals surface area contributed by atoms with Gasteiger partial charge in [0.05, 0.1) is 0 Å². The predicted octanol–water partition coefficient (Wildman–Crippen LogP) is 3.38. The molecule has 1 aliphatic heterocycles. The van der Waals surface area contributed by atoms with E-state index in [1.165, 1.54) is 11.8 Å². The summed E-state index contributed by atoms with van der Waals surface area (Å²) in [6.07, 6.45) is 1.15. The molecule has 2 amide bonds. The fraction of sp³-hybridized carbons (Fsp3) is 0.571. The Morgan fingerprint density at radius 3 is 2.65 bits per heavy atom. The van der Waals surface area contributed by atoms with E-state index in [1.807, 2.05) is 37.3 Å². The van der Waals surface area contributed by atoms with Gasteiger partial charge >= 0.3 is 12.1 Å². The summed E-state index contributed by atoms with van der Waals surface area (Å²) in [5, 5.41) is 11.9. The van der Waals surface area contributed by atoms with Gasteiger partial charge in [0.2, 0.25) is 8.03 Å². The monoisotopic (exact) mass is 454 g/mol. The van der Waals surface area contributed by atoms with Gasteiger partial charge < -0.3 is 24.6 Å². The van der Waals surface area contributed by atoms with Crippen molar-refractivity contribution in [2.75, 3.05) is 6.54 Å². The van der Waals surface area contributed by atoms with Crippen LogP contribution in [0, 0.1) is 0 Å². The van der Waals surface area contributed by atoms with Gasteiger partial charge in [0, 0.05) is 6.54 Å². The fourth-order valence-corrected chi connectivity index (χ4v) is 4.68. The molecule has 1 heterocycles. The molecule has 172 valence electrons. The van der Waals surface area contributed by atoms with Crippen molar-refractivity contribution < 1.29 is 33.3 Å². The highest BCUT2D eigenvalue weighted by atomic mass is 31.1. The molecule has 31 heavy (non-hydrogen) atoms. The van der Waals surface area contributed by atoms with Crippen molar-refractivity contribution >= 4 is 26.0 Å². The molecular formula is C21H31N2O7P. The Hall–Kier alpha value is -2.38. The summed E-state index contributed by atoms with van der Waals surface area (Å²) in [4.78, 5) is 37.4. The first-order valence-electron chi connectivity index (χ1n) is 10.5. The number of alkyl carbamates (subject to hydrolysis) is 1. The third-order valence-corrected chi connectivity index (χ3v) is 6.69. The van der Waals surface area contributed by atoms with Crippen LogP contribution in [0.5, 0.6) is 0 Å². The van der Waals surface area contributed by atoms with Crippen LogP contribution in [0.4, 0.5) is 4.79 Å². The lowest BCUT2D eigenvalue weighted by Gasteiger charge is -2.26. The number of amides is 2. The Labute approximate surface area is 183 Å². The van der Waals surface area contributed by atoms with Gasteiger partial charge in [0.25, 0.3) is 5.91 Å². The number of benzene rings is 1. The van der Waals surface area contributed by atoms with Crippen LogP contribution in [0.2, 0.25) is 0 Å². The van der Waals surface area contributed by atoms with Gasteiger partial charge in [-0.05, 0) is 31.7 Å². The number of nitrogens with zero attached hydrogens (tertiary/aromatic N) is 1. The zero-order valence-corrected chi connectivity index (χ0v) is 18.9. The number of hydrogen-bond acceptors (Lipinski definition) is 6. The van der Waals surface area contributed by atoms with Gasteiger partial charge in [-0.2, -0.15) is 0 Å². The minimum absolute atomic E-state index is 0.0788. The Bertz CT molecular complexity index is 774. The summed E-state index contributed by atoms with van der Waals surface area (Å²) in [5.74, 6) is -2.35. The van der Waals surface area contributed by atoms with Crippen molar-refractivity contribution in [3.05, 3.63) is 35.9 Å². The summed E-state index contributed by atoms with van der Waals surface area (Å²) in [5.41, 5.74) is 0.824. The standard InChI is InChI=1S/C21H31N2O7P/c1-3-4-12-18(22-21(27)29-14-16-9-6-5-7-10-16)31(28)30-15(2)19(24)23-13-8-11-17(23)20(25)26/h5-7,9-10,15,17-18,31H,3-4,8,11-14H2,1-2H3,(H,22,27)(H,25,26)/t15?,17-,18?/m0/s1. The lowest BCUT2D eigenvalue weighted by atomic mass is 10.2. The molecule has 0 saturated carbocycles. The third kappa shape index (κ3) is 7.67. The molecule has 2 rings (SSSR count). The molecule has 2 N–H and O–H groups in total. The van der Waals surface area contributed by atoms with E-state index < -0.39 is 43.9 Å². The van der Waals surface area contributed by atoms with Gasteiger partial charge in [-0.1, -0.05) is 50.1 Å². The zero-order chi connectivity index (χ0) is 22.8. The van der Waals surface area contributed by atoms with Crippen LogP contribution < -0.4 is 5.32 Å². The molecule has 3 unspecified atom stereocenters. The van der Waals surface area contributed by atoms with Crippen LogP contribution in [0.15, 0.2) is 30.3 Å².